The molecule has 88 valence electrons. The van der Waals surface area contributed by atoms with Gasteiger partial charge in [0.2, 0.25) is 0 Å². The number of aliphatic hydroxyl groups is 1. The van der Waals surface area contributed by atoms with Gasteiger partial charge in [0.1, 0.15) is 5.82 Å². The van der Waals surface area contributed by atoms with Crippen LogP contribution in [-0.4, -0.2) is 29.8 Å². The fourth-order valence-electron chi connectivity index (χ4n) is 1.95. The van der Waals surface area contributed by atoms with Gasteiger partial charge in [-0.15, -0.1) is 0 Å². The summed E-state index contributed by atoms with van der Waals surface area (Å²) >= 11 is 0. The maximum absolute atomic E-state index is 9.17. The van der Waals surface area contributed by atoms with Gasteiger partial charge in [-0.3, -0.25) is 0 Å². The molecule has 0 aromatic carbocycles. The van der Waals surface area contributed by atoms with Gasteiger partial charge in [0.15, 0.2) is 0 Å². The van der Waals surface area contributed by atoms with Crippen molar-refractivity contribution in [1.82, 2.24) is 4.98 Å². The zero-order valence-corrected chi connectivity index (χ0v) is 9.69. The molecule has 0 amide bonds. The first-order valence-electron chi connectivity index (χ1n) is 5.75. The highest BCUT2D eigenvalue weighted by molar-refractivity contribution is 5.41. The van der Waals surface area contributed by atoms with Gasteiger partial charge < -0.3 is 15.7 Å². The molecule has 1 atom stereocenters. The van der Waals surface area contributed by atoms with Gasteiger partial charge in [-0.05, 0) is 31.4 Å². The average Bonchev–Trinajstić information content (AvgIpc) is 2.83. The number of aliphatic hydroxyl groups excluding tert-OH is 1. The molecule has 1 aromatic heterocycles. The first-order valence-corrected chi connectivity index (χ1v) is 5.75. The van der Waals surface area contributed by atoms with Crippen LogP contribution in [0.15, 0.2) is 18.3 Å². The molecule has 0 spiro atoms. The van der Waals surface area contributed by atoms with E-state index in [1.807, 2.05) is 12.1 Å². The number of anilines is 1. The monoisotopic (exact) mass is 221 g/mol. The molecule has 4 heteroatoms. The molecule has 0 bridgehead atoms. The minimum Gasteiger partial charge on any atom is -0.394 e. The van der Waals surface area contributed by atoms with E-state index in [4.69, 9.17) is 10.8 Å². The van der Waals surface area contributed by atoms with E-state index in [-0.39, 0.29) is 6.61 Å². The molecular weight excluding hydrogens is 202 g/mol. The molecule has 16 heavy (non-hydrogen) atoms. The van der Waals surface area contributed by atoms with E-state index in [9.17, 15) is 0 Å². The second-order valence-electron chi connectivity index (χ2n) is 4.67. The Morgan fingerprint density at radius 1 is 1.44 bits per heavy atom. The molecule has 2 heterocycles. The summed E-state index contributed by atoms with van der Waals surface area (Å²) in [7, 11) is 0. The van der Waals surface area contributed by atoms with Crippen molar-refractivity contribution in [3.8, 4) is 0 Å². The second kappa shape index (κ2) is 4.39. The third-order valence-corrected chi connectivity index (χ3v) is 3.17. The van der Waals surface area contributed by atoms with E-state index in [0.717, 1.165) is 24.5 Å². The van der Waals surface area contributed by atoms with E-state index in [0.29, 0.717) is 0 Å². The van der Waals surface area contributed by atoms with Crippen molar-refractivity contribution in [2.75, 3.05) is 24.6 Å². The number of rotatable bonds is 3. The Morgan fingerprint density at radius 2 is 2.12 bits per heavy atom. The van der Waals surface area contributed by atoms with Gasteiger partial charge >= 0.3 is 0 Å². The third-order valence-electron chi connectivity index (χ3n) is 3.17. The summed E-state index contributed by atoms with van der Waals surface area (Å²) in [5.74, 6) is 1.01. The number of pyridine rings is 1. The maximum Gasteiger partial charge on any atom is 0.128 e. The van der Waals surface area contributed by atoms with E-state index < -0.39 is 5.54 Å². The predicted molar refractivity (Wildman–Crippen MR) is 64.3 cm³/mol. The van der Waals surface area contributed by atoms with Gasteiger partial charge in [0.05, 0.1) is 12.1 Å². The topological polar surface area (TPSA) is 62.4 Å². The summed E-state index contributed by atoms with van der Waals surface area (Å²) in [4.78, 5) is 6.68. The molecule has 1 fully saturated rings. The fourth-order valence-corrected chi connectivity index (χ4v) is 1.95. The van der Waals surface area contributed by atoms with Crippen LogP contribution in [0, 0.1) is 0 Å². The SMILES string of the molecule is CC(N)(CO)c1ccc(N2CCCC2)nc1. The molecule has 1 aromatic rings. The van der Waals surface area contributed by atoms with Crippen molar-refractivity contribution in [3.05, 3.63) is 23.9 Å². The van der Waals surface area contributed by atoms with E-state index in [2.05, 4.69) is 9.88 Å². The largest absolute Gasteiger partial charge is 0.394 e. The lowest BCUT2D eigenvalue weighted by Gasteiger charge is -2.23. The summed E-state index contributed by atoms with van der Waals surface area (Å²) in [6, 6.07) is 3.94. The van der Waals surface area contributed by atoms with Gasteiger partial charge in [-0.2, -0.15) is 0 Å². The van der Waals surface area contributed by atoms with Crippen LogP contribution in [-0.2, 0) is 5.54 Å². The molecule has 3 N–H and O–H groups in total. The van der Waals surface area contributed by atoms with Gasteiger partial charge in [-0.25, -0.2) is 4.98 Å². The lowest BCUT2D eigenvalue weighted by molar-refractivity contribution is 0.210. The van der Waals surface area contributed by atoms with Crippen molar-refractivity contribution >= 4 is 5.82 Å². The molecule has 4 nitrogen and oxygen atoms in total. The van der Waals surface area contributed by atoms with Crippen LogP contribution >= 0.6 is 0 Å². The van der Waals surface area contributed by atoms with Crippen LogP contribution in [0.4, 0.5) is 5.82 Å². The van der Waals surface area contributed by atoms with E-state index in [1.165, 1.54) is 12.8 Å². The normalized spacial score (nSPS) is 19.8. The Balaban J connectivity index is 2.15. The Labute approximate surface area is 96.1 Å². The molecule has 1 saturated heterocycles. The zero-order valence-electron chi connectivity index (χ0n) is 9.69. The molecule has 0 saturated carbocycles. The highest BCUT2D eigenvalue weighted by Gasteiger charge is 2.21. The Bertz CT molecular complexity index is 342. The molecule has 0 aliphatic carbocycles. The van der Waals surface area contributed by atoms with E-state index in [1.54, 1.807) is 13.1 Å². The van der Waals surface area contributed by atoms with E-state index >= 15 is 0 Å². The average molecular weight is 221 g/mol. The lowest BCUT2D eigenvalue weighted by Crippen LogP contribution is -2.37. The molecular formula is C12H19N3O. The minimum atomic E-state index is -0.698. The zero-order chi connectivity index (χ0) is 11.6. The Hall–Kier alpha value is -1.13. The van der Waals surface area contributed by atoms with Gasteiger partial charge in [0, 0.05) is 19.3 Å². The molecule has 1 unspecified atom stereocenters. The van der Waals surface area contributed by atoms with Crippen molar-refractivity contribution in [2.24, 2.45) is 5.73 Å². The second-order valence-corrected chi connectivity index (χ2v) is 4.67. The first-order chi connectivity index (χ1) is 7.63. The number of nitrogens with two attached hydrogens (primary N) is 1. The van der Waals surface area contributed by atoms with Crippen LogP contribution in [0.1, 0.15) is 25.3 Å². The maximum atomic E-state index is 9.17. The number of aromatic nitrogens is 1. The number of hydrogen-bond donors (Lipinski definition) is 2. The quantitative estimate of drug-likeness (QED) is 0.794. The van der Waals surface area contributed by atoms with Crippen LogP contribution in [0.5, 0.6) is 0 Å². The highest BCUT2D eigenvalue weighted by atomic mass is 16.3. The van der Waals surface area contributed by atoms with Crippen LogP contribution < -0.4 is 10.6 Å². The predicted octanol–water partition coefficient (Wildman–Crippen LogP) is 0.848. The fraction of sp³-hybridized carbons (Fsp3) is 0.583. The smallest absolute Gasteiger partial charge is 0.128 e. The minimum absolute atomic E-state index is 0.0717. The third kappa shape index (κ3) is 2.18. The Morgan fingerprint density at radius 3 is 2.62 bits per heavy atom. The van der Waals surface area contributed by atoms with Gasteiger partial charge in [0.25, 0.3) is 0 Å². The molecule has 0 radical (unpaired) electrons. The van der Waals surface area contributed by atoms with Crippen molar-refractivity contribution in [2.45, 2.75) is 25.3 Å². The van der Waals surface area contributed by atoms with Gasteiger partial charge in [-0.1, -0.05) is 6.07 Å². The summed E-state index contributed by atoms with van der Waals surface area (Å²) in [6.07, 6.45) is 4.26. The van der Waals surface area contributed by atoms with Crippen molar-refractivity contribution in [1.29, 1.82) is 0 Å². The summed E-state index contributed by atoms with van der Waals surface area (Å²) in [6.45, 7) is 3.91. The molecule has 2 rings (SSSR count). The summed E-state index contributed by atoms with van der Waals surface area (Å²) in [5.41, 5.74) is 6.11. The summed E-state index contributed by atoms with van der Waals surface area (Å²) in [5, 5.41) is 9.17. The number of nitrogens with zero attached hydrogens (tertiary/aromatic N) is 2. The van der Waals surface area contributed by atoms with Crippen LogP contribution in [0.25, 0.3) is 0 Å². The standard InChI is InChI=1S/C12H19N3O/c1-12(13,9-16)10-4-5-11(14-8-10)15-6-2-3-7-15/h4-5,8,16H,2-3,6-7,9,13H2,1H3. The molecule has 1 aliphatic heterocycles. The first kappa shape index (κ1) is 11.4. The lowest BCUT2D eigenvalue weighted by atomic mass is 9.96. The number of hydrogen-bond acceptors (Lipinski definition) is 4. The Kier molecular flexibility index (Phi) is 3.12. The van der Waals surface area contributed by atoms with Crippen molar-refractivity contribution < 1.29 is 5.11 Å². The summed E-state index contributed by atoms with van der Waals surface area (Å²) < 4.78 is 0. The van der Waals surface area contributed by atoms with Crippen LogP contribution in [0.2, 0.25) is 0 Å². The van der Waals surface area contributed by atoms with Crippen LogP contribution in [0.3, 0.4) is 0 Å². The van der Waals surface area contributed by atoms with Crippen molar-refractivity contribution in [3.63, 3.8) is 0 Å². The molecule has 1 aliphatic rings. The highest BCUT2D eigenvalue weighted by Crippen LogP contribution is 2.21.